The highest BCUT2D eigenvalue weighted by Gasteiger charge is 2.17. The van der Waals surface area contributed by atoms with Gasteiger partial charge in [0.15, 0.2) is 0 Å². The lowest BCUT2D eigenvalue weighted by Gasteiger charge is -1.96. The molecule has 2 aromatic heterocycles. The zero-order valence-electron chi connectivity index (χ0n) is 17.2. The topological polar surface area (TPSA) is 84.2 Å². The molecule has 4 aromatic rings. The number of benzene rings is 2. The maximum absolute atomic E-state index is 13.3. The van der Waals surface area contributed by atoms with Crippen LogP contribution in [0.1, 0.15) is 32.1 Å². The number of ether oxygens (including phenoxy) is 2. The van der Waals surface area contributed by atoms with Crippen LogP contribution in [0.3, 0.4) is 0 Å². The van der Waals surface area contributed by atoms with E-state index in [-0.39, 0.29) is 11.6 Å². The first-order chi connectivity index (χ1) is 14.7. The Labute approximate surface area is 190 Å². The fourth-order valence-corrected chi connectivity index (χ4v) is 3.82. The van der Waals surface area contributed by atoms with E-state index >= 15 is 0 Å². The molecule has 2 N–H and O–H groups in total. The number of hydrogen-bond acceptors (Lipinski definition) is 4. The van der Waals surface area contributed by atoms with E-state index in [9.17, 15) is 18.4 Å². The van der Waals surface area contributed by atoms with Crippen molar-refractivity contribution in [1.29, 1.82) is 0 Å². The van der Waals surface area contributed by atoms with Crippen LogP contribution in [0.25, 0.3) is 21.8 Å². The highest BCUT2D eigenvalue weighted by Crippen LogP contribution is 2.27. The Balaban J connectivity index is 0.000000176. The van der Waals surface area contributed by atoms with Crippen molar-refractivity contribution in [3.05, 3.63) is 68.1 Å². The van der Waals surface area contributed by atoms with E-state index in [0.717, 1.165) is 14.3 Å². The molecule has 0 spiro atoms. The van der Waals surface area contributed by atoms with Crippen LogP contribution in [0.2, 0.25) is 0 Å². The minimum Gasteiger partial charge on any atom is -0.464 e. The smallest absolute Gasteiger partial charge is 0.355 e. The summed E-state index contributed by atoms with van der Waals surface area (Å²) in [4.78, 5) is 28.3. The molecular formula is C22H19F2IN2O4. The number of carbonyl (C=O) groups is 2. The minimum absolute atomic E-state index is 0.290. The molecule has 0 fully saturated rings. The van der Waals surface area contributed by atoms with Gasteiger partial charge in [0, 0.05) is 16.3 Å². The number of hydrogen-bond donors (Lipinski definition) is 2. The van der Waals surface area contributed by atoms with Gasteiger partial charge in [0.1, 0.15) is 23.0 Å². The first kappa shape index (κ1) is 22.7. The number of halogens is 3. The zero-order chi connectivity index (χ0) is 22.9. The van der Waals surface area contributed by atoms with E-state index in [1.165, 1.54) is 26.4 Å². The van der Waals surface area contributed by atoms with Gasteiger partial charge in [-0.25, -0.2) is 18.4 Å². The molecule has 0 aliphatic heterocycles. The van der Waals surface area contributed by atoms with Gasteiger partial charge in [-0.15, -0.1) is 0 Å². The largest absolute Gasteiger partial charge is 0.464 e. The van der Waals surface area contributed by atoms with Crippen LogP contribution in [-0.2, 0) is 9.47 Å². The molecule has 2 heterocycles. The molecule has 4 rings (SSSR count). The Hall–Kier alpha value is -2.95. The molecule has 0 radical (unpaired) electrons. The molecule has 0 bridgehead atoms. The van der Waals surface area contributed by atoms with Gasteiger partial charge in [0.25, 0.3) is 0 Å². The molecule has 162 valence electrons. The van der Waals surface area contributed by atoms with Gasteiger partial charge >= 0.3 is 11.9 Å². The number of methoxy groups -OCH3 is 2. The maximum Gasteiger partial charge on any atom is 0.355 e. The predicted octanol–water partition coefficient (Wildman–Crippen LogP) is 5.41. The number of rotatable bonds is 2. The fraction of sp³-hybridized carbons (Fsp3) is 0.182. The second kappa shape index (κ2) is 9.04. The Bertz CT molecular complexity index is 1270. The Kier molecular flexibility index (Phi) is 6.63. The summed E-state index contributed by atoms with van der Waals surface area (Å²) in [6.07, 6.45) is 0. The number of nitrogens with one attached hydrogen (secondary N) is 2. The van der Waals surface area contributed by atoms with Crippen LogP contribution in [0.5, 0.6) is 0 Å². The second-order valence-electron chi connectivity index (χ2n) is 6.82. The standard InChI is InChI=1S/C11H9FINO2.C11H10FNO2/c1-5-3-6-8(4-7(5)12)14-10(9(6)13)11(15)16-2;1-6-3-7-4-10(11(14)15-2)13-9(7)5-8(6)12/h3-4,14H,1-2H3;3-5,13H,1-2H3. The number of fused-ring (bicyclic) bond motifs is 2. The van der Waals surface area contributed by atoms with E-state index in [1.54, 1.807) is 32.0 Å². The van der Waals surface area contributed by atoms with E-state index in [1.807, 2.05) is 22.6 Å². The van der Waals surface area contributed by atoms with Crippen LogP contribution in [0.15, 0.2) is 30.3 Å². The van der Waals surface area contributed by atoms with E-state index in [2.05, 4.69) is 19.4 Å². The summed E-state index contributed by atoms with van der Waals surface area (Å²) < 4.78 is 36.5. The summed E-state index contributed by atoms with van der Waals surface area (Å²) in [6, 6.07) is 7.81. The van der Waals surface area contributed by atoms with Crippen molar-refractivity contribution in [2.45, 2.75) is 13.8 Å². The van der Waals surface area contributed by atoms with Gasteiger partial charge in [0.05, 0.1) is 23.3 Å². The van der Waals surface area contributed by atoms with E-state index in [0.29, 0.717) is 33.5 Å². The normalized spacial score (nSPS) is 10.7. The predicted molar refractivity (Wildman–Crippen MR) is 121 cm³/mol. The number of aromatic amines is 2. The second-order valence-corrected chi connectivity index (χ2v) is 7.89. The van der Waals surface area contributed by atoms with Crippen LogP contribution in [-0.4, -0.2) is 36.1 Å². The lowest BCUT2D eigenvalue weighted by atomic mass is 10.1. The molecule has 0 aliphatic carbocycles. The molecule has 0 aliphatic rings. The summed E-state index contributed by atoms with van der Waals surface area (Å²) in [6.45, 7) is 3.37. The van der Waals surface area contributed by atoms with Crippen molar-refractivity contribution in [2.75, 3.05) is 14.2 Å². The molecule has 2 aromatic carbocycles. The molecule has 0 saturated heterocycles. The number of esters is 2. The zero-order valence-corrected chi connectivity index (χ0v) is 19.3. The molecule has 0 amide bonds. The van der Waals surface area contributed by atoms with Crippen LogP contribution in [0, 0.1) is 29.1 Å². The third-order valence-corrected chi connectivity index (χ3v) is 5.83. The summed E-state index contributed by atoms with van der Waals surface area (Å²) in [5.74, 6) is -1.48. The Morgan fingerprint density at radius 1 is 0.839 bits per heavy atom. The summed E-state index contributed by atoms with van der Waals surface area (Å²) in [7, 11) is 2.62. The monoisotopic (exact) mass is 540 g/mol. The average Bonchev–Trinajstić information content (AvgIpc) is 3.29. The van der Waals surface area contributed by atoms with Crippen LogP contribution >= 0.6 is 22.6 Å². The lowest BCUT2D eigenvalue weighted by Crippen LogP contribution is -2.02. The number of aryl methyl sites for hydroxylation is 2. The van der Waals surface area contributed by atoms with Crippen molar-refractivity contribution >= 4 is 56.3 Å². The van der Waals surface area contributed by atoms with Crippen LogP contribution in [0.4, 0.5) is 8.78 Å². The van der Waals surface area contributed by atoms with Crippen molar-refractivity contribution in [2.24, 2.45) is 0 Å². The van der Waals surface area contributed by atoms with E-state index < -0.39 is 11.9 Å². The van der Waals surface area contributed by atoms with Gasteiger partial charge in [-0.3, -0.25) is 0 Å². The van der Waals surface area contributed by atoms with Gasteiger partial charge < -0.3 is 19.4 Å². The van der Waals surface area contributed by atoms with E-state index in [4.69, 9.17) is 0 Å². The van der Waals surface area contributed by atoms with Gasteiger partial charge in [0.2, 0.25) is 0 Å². The molecular weight excluding hydrogens is 521 g/mol. The molecule has 0 saturated carbocycles. The van der Waals surface area contributed by atoms with Crippen molar-refractivity contribution in [3.63, 3.8) is 0 Å². The third kappa shape index (κ3) is 4.55. The molecule has 31 heavy (non-hydrogen) atoms. The first-order valence-corrected chi connectivity index (χ1v) is 10.2. The summed E-state index contributed by atoms with van der Waals surface area (Å²) >= 11 is 2.05. The van der Waals surface area contributed by atoms with Gasteiger partial charge in [-0.05, 0) is 77.9 Å². The SMILES string of the molecule is COC(=O)c1[nH]c2cc(F)c(C)cc2c1I.COC(=O)c1cc2cc(C)c(F)cc2[nH]1. The number of aromatic nitrogens is 2. The molecule has 6 nitrogen and oxygen atoms in total. The minimum atomic E-state index is -0.454. The Morgan fingerprint density at radius 2 is 1.42 bits per heavy atom. The third-order valence-electron chi connectivity index (χ3n) is 4.71. The Morgan fingerprint density at radius 3 is 2.03 bits per heavy atom. The number of carbonyl (C=O) groups excluding carboxylic acids is 2. The first-order valence-electron chi connectivity index (χ1n) is 9.09. The summed E-state index contributed by atoms with van der Waals surface area (Å²) in [5.41, 5.74) is 3.01. The highest BCUT2D eigenvalue weighted by molar-refractivity contribution is 14.1. The quantitative estimate of drug-likeness (QED) is 0.263. The maximum atomic E-state index is 13.3. The lowest BCUT2D eigenvalue weighted by molar-refractivity contribution is 0.0586. The van der Waals surface area contributed by atoms with Gasteiger partial charge in [-0.2, -0.15) is 0 Å². The van der Waals surface area contributed by atoms with Crippen LogP contribution < -0.4 is 0 Å². The molecule has 9 heteroatoms. The van der Waals surface area contributed by atoms with Crippen molar-refractivity contribution in [3.8, 4) is 0 Å². The number of H-pyrrole nitrogens is 2. The van der Waals surface area contributed by atoms with Gasteiger partial charge in [-0.1, -0.05) is 0 Å². The summed E-state index contributed by atoms with van der Waals surface area (Å²) in [5, 5.41) is 1.63. The average molecular weight is 540 g/mol. The van der Waals surface area contributed by atoms with Crippen molar-refractivity contribution < 1.29 is 27.8 Å². The van der Waals surface area contributed by atoms with Crippen molar-refractivity contribution in [1.82, 2.24) is 9.97 Å². The molecule has 0 unspecified atom stereocenters. The fourth-order valence-electron chi connectivity index (χ4n) is 3.02. The highest BCUT2D eigenvalue weighted by atomic mass is 127. The molecule has 0 atom stereocenters.